The molecule has 0 saturated heterocycles. The van der Waals surface area contributed by atoms with Crippen molar-refractivity contribution in [3.8, 4) is 17.3 Å². The number of benzene rings is 1. The number of carbonyl (C=O) groups is 1. The van der Waals surface area contributed by atoms with Crippen LogP contribution in [0.3, 0.4) is 0 Å². The second kappa shape index (κ2) is 6.44. The highest BCUT2D eigenvalue weighted by atomic mass is 16.5. The van der Waals surface area contributed by atoms with E-state index in [-0.39, 0.29) is 0 Å². The quantitative estimate of drug-likeness (QED) is 0.782. The van der Waals surface area contributed by atoms with Crippen LogP contribution in [0.2, 0.25) is 0 Å². The molecule has 26 heavy (non-hydrogen) atoms. The minimum absolute atomic E-state index is 0.419. The van der Waals surface area contributed by atoms with E-state index in [4.69, 9.17) is 10.5 Å². The summed E-state index contributed by atoms with van der Waals surface area (Å²) in [6.07, 6.45) is 8.19. The molecule has 1 fully saturated rings. The minimum Gasteiger partial charge on any atom is -0.494 e. The van der Waals surface area contributed by atoms with Gasteiger partial charge in [-0.2, -0.15) is 0 Å². The fourth-order valence-corrected chi connectivity index (χ4v) is 4.06. The molecule has 0 bridgehead atoms. The van der Waals surface area contributed by atoms with E-state index in [2.05, 4.69) is 14.5 Å². The molecule has 0 unspecified atom stereocenters. The summed E-state index contributed by atoms with van der Waals surface area (Å²) in [5.74, 6) is 1.37. The number of hydrogen-bond donors (Lipinski definition) is 1. The van der Waals surface area contributed by atoms with E-state index in [0.29, 0.717) is 23.1 Å². The molecular formula is C20H22N4O2. The third kappa shape index (κ3) is 2.62. The van der Waals surface area contributed by atoms with E-state index in [1.807, 2.05) is 25.2 Å². The lowest BCUT2D eigenvalue weighted by atomic mass is 9.93. The summed E-state index contributed by atoms with van der Waals surface area (Å²) in [6, 6.07) is 5.68. The maximum atomic E-state index is 11.6. The van der Waals surface area contributed by atoms with Gasteiger partial charge in [0.25, 0.3) is 0 Å². The number of hydrogen-bond acceptors (Lipinski definition) is 4. The SMILES string of the molecule is COc1cnc(-c2c(C3CCCC3)c3ccc(C(N)=O)cc3n2C)nc1. The molecule has 1 aliphatic rings. The van der Waals surface area contributed by atoms with Gasteiger partial charge in [0, 0.05) is 23.5 Å². The molecular weight excluding hydrogens is 328 g/mol. The lowest BCUT2D eigenvalue weighted by Gasteiger charge is -2.12. The van der Waals surface area contributed by atoms with Crippen LogP contribution in [0.4, 0.5) is 0 Å². The molecule has 1 aromatic carbocycles. The van der Waals surface area contributed by atoms with E-state index in [1.54, 1.807) is 19.5 Å². The predicted octanol–water partition coefficient (Wildman–Crippen LogP) is 3.40. The Morgan fingerprint density at radius 2 is 1.92 bits per heavy atom. The molecule has 0 aliphatic heterocycles. The van der Waals surface area contributed by atoms with Gasteiger partial charge in [-0.05, 0) is 36.5 Å². The van der Waals surface area contributed by atoms with Crippen molar-refractivity contribution in [2.24, 2.45) is 12.8 Å². The molecule has 1 aliphatic carbocycles. The zero-order valence-corrected chi connectivity index (χ0v) is 15.0. The van der Waals surface area contributed by atoms with Crippen molar-refractivity contribution in [1.82, 2.24) is 14.5 Å². The molecule has 0 spiro atoms. The lowest BCUT2D eigenvalue weighted by molar-refractivity contribution is 0.100. The first kappa shape index (κ1) is 16.6. The highest BCUT2D eigenvalue weighted by molar-refractivity contribution is 5.99. The summed E-state index contributed by atoms with van der Waals surface area (Å²) in [5.41, 5.74) is 9.26. The largest absolute Gasteiger partial charge is 0.494 e. The third-order valence-electron chi connectivity index (χ3n) is 5.36. The lowest BCUT2D eigenvalue weighted by Crippen LogP contribution is -2.10. The Labute approximate surface area is 152 Å². The fourth-order valence-electron chi connectivity index (χ4n) is 4.06. The van der Waals surface area contributed by atoms with Crippen LogP contribution in [0.5, 0.6) is 5.75 Å². The molecule has 2 heterocycles. The van der Waals surface area contributed by atoms with E-state index in [1.165, 1.54) is 31.2 Å². The van der Waals surface area contributed by atoms with Gasteiger partial charge in [-0.3, -0.25) is 4.79 Å². The van der Waals surface area contributed by atoms with Crippen LogP contribution in [-0.2, 0) is 7.05 Å². The Balaban J connectivity index is 1.97. The Morgan fingerprint density at radius 1 is 1.23 bits per heavy atom. The molecule has 2 aromatic heterocycles. The number of ether oxygens (including phenoxy) is 1. The van der Waals surface area contributed by atoms with Gasteiger partial charge in [0.2, 0.25) is 5.91 Å². The Bertz CT molecular complexity index is 970. The molecule has 134 valence electrons. The number of amides is 1. The number of rotatable bonds is 4. The first-order valence-electron chi connectivity index (χ1n) is 8.88. The highest BCUT2D eigenvalue weighted by Gasteiger charge is 2.27. The zero-order valence-electron chi connectivity index (χ0n) is 15.0. The number of primary amides is 1. The number of aryl methyl sites for hydroxylation is 1. The number of aromatic nitrogens is 3. The molecule has 4 rings (SSSR count). The van der Waals surface area contributed by atoms with Gasteiger partial charge in [-0.1, -0.05) is 18.9 Å². The summed E-state index contributed by atoms with van der Waals surface area (Å²) in [7, 11) is 3.60. The number of carbonyl (C=O) groups excluding carboxylic acids is 1. The average molecular weight is 350 g/mol. The highest BCUT2D eigenvalue weighted by Crippen LogP contribution is 2.43. The normalized spacial score (nSPS) is 14.8. The zero-order chi connectivity index (χ0) is 18.3. The minimum atomic E-state index is -0.419. The summed E-state index contributed by atoms with van der Waals surface area (Å²) >= 11 is 0. The van der Waals surface area contributed by atoms with Crippen LogP contribution in [0.15, 0.2) is 30.6 Å². The van der Waals surface area contributed by atoms with E-state index in [0.717, 1.165) is 16.6 Å². The van der Waals surface area contributed by atoms with Gasteiger partial charge in [0.1, 0.15) is 0 Å². The monoisotopic (exact) mass is 350 g/mol. The van der Waals surface area contributed by atoms with Crippen LogP contribution in [0, 0.1) is 0 Å². The van der Waals surface area contributed by atoms with E-state index >= 15 is 0 Å². The molecule has 1 amide bonds. The van der Waals surface area contributed by atoms with Gasteiger partial charge < -0.3 is 15.0 Å². The van der Waals surface area contributed by atoms with Gasteiger partial charge in [-0.25, -0.2) is 9.97 Å². The van der Waals surface area contributed by atoms with E-state index < -0.39 is 5.91 Å². The second-order valence-corrected chi connectivity index (χ2v) is 6.85. The summed E-state index contributed by atoms with van der Waals surface area (Å²) in [4.78, 5) is 20.7. The molecule has 1 saturated carbocycles. The number of fused-ring (bicyclic) bond motifs is 1. The van der Waals surface area contributed by atoms with Crippen molar-refractivity contribution >= 4 is 16.8 Å². The van der Waals surface area contributed by atoms with Crippen molar-refractivity contribution < 1.29 is 9.53 Å². The van der Waals surface area contributed by atoms with Crippen molar-refractivity contribution in [3.05, 3.63) is 41.7 Å². The van der Waals surface area contributed by atoms with Gasteiger partial charge in [0.05, 0.1) is 25.2 Å². The van der Waals surface area contributed by atoms with Crippen LogP contribution < -0.4 is 10.5 Å². The predicted molar refractivity (Wildman–Crippen MR) is 100 cm³/mol. The standard InChI is InChI=1S/C20H22N4O2/c1-24-16-9-13(19(21)25)7-8-15(16)17(12-5-3-4-6-12)18(24)20-22-10-14(26-2)11-23-20/h7-12H,3-6H2,1-2H3,(H2,21,25). The van der Waals surface area contributed by atoms with Crippen molar-refractivity contribution in [3.63, 3.8) is 0 Å². The second-order valence-electron chi connectivity index (χ2n) is 6.85. The Hall–Kier alpha value is -2.89. The summed E-state index contributed by atoms with van der Waals surface area (Å²) < 4.78 is 7.26. The number of nitrogens with two attached hydrogens (primary N) is 1. The maximum Gasteiger partial charge on any atom is 0.248 e. The van der Waals surface area contributed by atoms with Crippen molar-refractivity contribution in [2.75, 3.05) is 7.11 Å². The topological polar surface area (TPSA) is 83.0 Å². The van der Waals surface area contributed by atoms with Gasteiger partial charge in [-0.15, -0.1) is 0 Å². The molecule has 6 nitrogen and oxygen atoms in total. The number of methoxy groups -OCH3 is 1. The molecule has 0 radical (unpaired) electrons. The average Bonchev–Trinajstić information content (AvgIpc) is 3.28. The van der Waals surface area contributed by atoms with Crippen LogP contribution in [-0.4, -0.2) is 27.6 Å². The molecule has 3 aromatic rings. The Kier molecular flexibility index (Phi) is 4.11. The first-order chi connectivity index (χ1) is 12.6. The van der Waals surface area contributed by atoms with E-state index in [9.17, 15) is 4.79 Å². The summed E-state index contributed by atoms with van der Waals surface area (Å²) in [6.45, 7) is 0. The smallest absolute Gasteiger partial charge is 0.248 e. The number of nitrogens with zero attached hydrogens (tertiary/aromatic N) is 3. The fraction of sp³-hybridized carbons (Fsp3) is 0.350. The van der Waals surface area contributed by atoms with Crippen LogP contribution >= 0.6 is 0 Å². The van der Waals surface area contributed by atoms with Gasteiger partial charge >= 0.3 is 0 Å². The van der Waals surface area contributed by atoms with Gasteiger partial charge in [0.15, 0.2) is 11.6 Å². The van der Waals surface area contributed by atoms with Crippen molar-refractivity contribution in [1.29, 1.82) is 0 Å². The third-order valence-corrected chi connectivity index (χ3v) is 5.36. The van der Waals surface area contributed by atoms with Crippen LogP contribution in [0.25, 0.3) is 22.4 Å². The van der Waals surface area contributed by atoms with Crippen molar-refractivity contribution in [2.45, 2.75) is 31.6 Å². The molecule has 6 heteroatoms. The molecule has 2 N–H and O–H groups in total. The molecule has 0 atom stereocenters. The first-order valence-corrected chi connectivity index (χ1v) is 8.88. The summed E-state index contributed by atoms with van der Waals surface area (Å²) in [5, 5.41) is 1.15. The van der Waals surface area contributed by atoms with Crippen LogP contribution in [0.1, 0.15) is 47.5 Å². The maximum absolute atomic E-state index is 11.6. The Morgan fingerprint density at radius 3 is 2.54 bits per heavy atom.